The van der Waals surface area contributed by atoms with E-state index in [2.05, 4.69) is 21.4 Å². The monoisotopic (exact) mass is 385 g/mol. The Kier molecular flexibility index (Phi) is 5.37. The molecule has 27 heavy (non-hydrogen) atoms. The number of amides is 1. The molecule has 8 nitrogen and oxygen atoms in total. The first-order valence-corrected chi connectivity index (χ1v) is 10.3. The third-order valence-corrected chi connectivity index (χ3v) is 6.14. The van der Waals surface area contributed by atoms with E-state index >= 15 is 0 Å². The second kappa shape index (κ2) is 7.72. The van der Waals surface area contributed by atoms with E-state index in [9.17, 15) is 13.2 Å². The molecule has 1 aliphatic rings. The number of aromatic nitrogens is 2. The number of carbonyl (C=O) groups is 1. The first-order valence-electron chi connectivity index (χ1n) is 8.52. The first kappa shape index (κ1) is 18.8. The highest BCUT2D eigenvalue weighted by Gasteiger charge is 2.34. The van der Waals surface area contributed by atoms with Crippen LogP contribution in [0.4, 0.5) is 11.5 Å². The van der Waals surface area contributed by atoms with E-state index in [1.54, 1.807) is 24.3 Å². The minimum Gasteiger partial charge on any atom is -0.339 e. The molecule has 3 rings (SSSR count). The van der Waals surface area contributed by atoms with E-state index in [1.807, 2.05) is 6.92 Å². The Morgan fingerprint density at radius 2 is 2.19 bits per heavy atom. The molecular weight excluding hydrogens is 366 g/mol. The Morgan fingerprint density at radius 1 is 1.37 bits per heavy atom. The lowest BCUT2D eigenvalue weighted by Crippen LogP contribution is -2.41. The van der Waals surface area contributed by atoms with Crippen molar-refractivity contribution in [2.24, 2.45) is 0 Å². The van der Waals surface area contributed by atoms with Gasteiger partial charge < -0.3 is 10.2 Å². The normalized spacial score (nSPS) is 17.9. The second-order valence-electron chi connectivity index (χ2n) is 6.25. The molecule has 1 fully saturated rings. The molecule has 1 atom stereocenters. The van der Waals surface area contributed by atoms with E-state index in [1.165, 1.54) is 17.3 Å². The average molecular weight is 385 g/mol. The van der Waals surface area contributed by atoms with Gasteiger partial charge in [-0.1, -0.05) is 6.07 Å². The van der Waals surface area contributed by atoms with Crippen molar-refractivity contribution in [3.63, 3.8) is 0 Å². The quantitative estimate of drug-likeness (QED) is 0.833. The maximum absolute atomic E-state index is 12.7. The zero-order valence-electron chi connectivity index (χ0n) is 14.8. The van der Waals surface area contributed by atoms with Crippen LogP contribution in [0.15, 0.2) is 36.7 Å². The summed E-state index contributed by atoms with van der Waals surface area (Å²) in [6.45, 7) is 2.22. The predicted molar refractivity (Wildman–Crippen MR) is 100 cm³/mol. The van der Waals surface area contributed by atoms with Crippen molar-refractivity contribution in [3.05, 3.63) is 47.9 Å². The van der Waals surface area contributed by atoms with Crippen LogP contribution in [-0.4, -0.2) is 53.3 Å². The van der Waals surface area contributed by atoms with Crippen molar-refractivity contribution in [2.45, 2.75) is 19.4 Å². The Morgan fingerprint density at radius 3 is 2.78 bits per heavy atom. The Labute approximate surface area is 157 Å². The smallest absolute Gasteiger partial charge is 0.274 e. The fourth-order valence-electron chi connectivity index (χ4n) is 3.05. The van der Waals surface area contributed by atoms with Crippen LogP contribution in [0.2, 0.25) is 0 Å². The lowest BCUT2D eigenvalue weighted by Gasteiger charge is -2.26. The topological polar surface area (TPSA) is 116 Å². The maximum atomic E-state index is 12.7. The van der Waals surface area contributed by atoms with E-state index in [-0.39, 0.29) is 29.1 Å². The molecule has 0 bridgehead atoms. The fraction of sp³-hybridized carbons (Fsp3) is 0.333. The van der Waals surface area contributed by atoms with Crippen molar-refractivity contribution >= 4 is 27.2 Å². The van der Waals surface area contributed by atoms with E-state index in [0.717, 1.165) is 0 Å². The van der Waals surface area contributed by atoms with Crippen molar-refractivity contribution in [2.75, 3.05) is 23.4 Å². The molecular formula is C18H19N5O3S. The molecule has 2 heterocycles. The summed E-state index contributed by atoms with van der Waals surface area (Å²) in [6, 6.07) is 8.66. The lowest BCUT2D eigenvalue weighted by molar-refractivity contribution is 0.0702. The van der Waals surface area contributed by atoms with Crippen LogP contribution >= 0.6 is 0 Å². The molecule has 9 heteroatoms. The van der Waals surface area contributed by atoms with Gasteiger partial charge in [-0.3, -0.25) is 4.79 Å². The van der Waals surface area contributed by atoms with Gasteiger partial charge >= 0.3 is 0 Å². The summed E-state index contributed by atoms with van der Waals surface area (Å²) in [5, 5.41) is 12.0. The summed E-state index contributed by atoms with van der Waals surface area (Å²) < 4.78 is 23.4. The van der Waals surface area contributed by atoms with Crippen LogP contribution < -0.4 is 5.32 Å². The van der Waals surface area contributed by atoms with E-state index < -0.39 is 9.84 Å². The molecule has 1 aliphatic heterocycles. The molecule has 1 N–H and O–H groups in total. The van der Waals surface area contributed by atoms with Crippen molar-refractivity contribution in [1.82, 2.24) is 14.9 Å². The van der Waals surface area contributed by atoms with Gasteiger partial charge in [-0.2, -0.15) is 5.26 Å². The van der Waals surface area contributed by atoms with Crippen molar-refractivity contribution in [3.8, 4) is 6.07 Å². The van der Waals surface area contributed by atoms with Crippen LogP contribution in [-0.2, 0) is 9.84 Å². The van der Waals surface area contributed by atoms with Gasteiger partial charge in [-0.05, 0) is 31.5 Å². The third kappa shape index (κ3) is 4.41. The highest BCUT2D eigenvalue weighted by molar-refractivity contribution is 7.91. The highest BCUT2D eigenvalue weighted by atomic mass is 32.2. The molecule has 140 valence electrons. The molecule has 1 saturated heterocycles. The van der Waals surface area contributed by atoms with E-state index in [4.69, 9.17) is 5.26 Å². The minimum atomic E-state index is -3.08. The largest absolute Gasteiger partial charge is 0.339 e. The standard InChI is InChI=1S/C18H19N5O3S/c1-2-23(15-6-7-27(25,26)12-15)18(24)16-10-21-17(11-20-16)22-14-5-3-4-13(8-14)9-19/h3-5,8,10-11,15H,2,6-7,12H2,1H3,(H,21,22). The molecule has 2 aromatic rings. The van der Waals surface area contributed by atoms with Gasteiger partial charge in [0, 0.05) is 18.3 Å². The summed E-state index contributed by atoms with van der Waals surface area (Å²) in [5.41, 5.74) is 1.37. The SMILES string of the molecule is CCN(C(=O)c1cnc(Nc2cccc(C#N)c2)cn1)C1CCS(=O)(=O)C1. The molecule has 1 aromatic carbocycles. The minimum absolute atomic E-state index is 0.00508. The Hall–Kier alpha value is -2.99. The molecule has 1 amide bonds. The zero-order chi connectivity index (χ0) is 19.4. The number of nitriles is 1. The average Bonchev–Trinajstić information content (AvgIpc) is 3.02. The second-order valence-corrected chi connectivity index (χ2v) is 8.48. The zero-order valence-corrected chi connectivity index (χ0v) is 15.6. The van der Waals surface area contributed by atoms with Crippen molar-refractivity contribution < 1.29 is 13.2 Å². The summed E-state index contributed by atoms with van der Waals surface area (Å²) >= 11 is 0. The van der Waals surface area contributed by atoms with Gasteiger partial charge in [0.15, 0.2) is 9.84 Å². The van der Waals surface area contributed by atoms with Gasteiger partial charge in [-0.15, -0.1) is 0 Å². The van der Waals surface area contributed by atoms with Crippen LogP contribution in [0.5, 0.6) is 0 Å². The highest BCUT2D eigenvalue weighted by Crippen LogP contribution is 2.20. The van der Waals surface area contributed by atoms with Crippen LogP contribution in [0, 0.1) is 11.3 Å². The summed E-state index contributed by atoms with van der Waals surface area (Å²) in [6.07, 6.45) is 3.25. The van der Waals surface area contributed by atoms with Crippen molar-refractivity contribution in [1.29, 1.82) is 5.26 Å². The van der Waals surface area contributed by atoms with Crippen LogP contribution in [0.1, 0.15) is 29.4 Å². The maximum Gasteiger partial charge on any atom is 0.274 e. The number of anilines is 2. The molecule has 0 spiro atoms. The van der Waals surface area contributed by atoms with Gasteiger partial charge in [-0.25, -0.2) is 18.4 Å². The number of nitrogens with zero attached hydrogens (tertiary/aromatic N) is 4. The number of benzene rings is 1. The molecule has 0 aliphatic carbocycles. The number of sulfone groups is 1. The number of carbonyl (C=O) groups excluding carboxylic acids is 1. The number of nitrogens with one attached hydrogen (secondary N) is 1. The number of rotatable bonds is 5. The Bertz CT molecular complexity index is 983. The summed E-state index contributed by atoms with van der Waals surface area (Å²) in [7, 11) is -3.08. The van der Waals surface area contributed by atoms with E-state index in [0.29, 0.717) is 30.0 Å². The summed E-state index contributed by atoms with van der Waals surface area (Å²) in [4.78, 5) is 22.6. The van der Waals surface area contributed by atoms with Crippen LogP contribution in [0.3, 0.4) is 0 Å². The van der Waals surface area contributed by atoms with Gasteiger partial charge in [0.25, 0.3) is 5.91 Å². The van der Waals surface area contributed by atoms with Gasteiger partial charge in [0.1, 0.15) is 11.5 Å². The molecule has 1 aromatic heterocycles. The van der Waals surface area contributed by atoms with Gasteiger partial charge in [0.05, 0.1) is 35.5 Å². The molecule has 0 radical (unpaired) electrons. The predicted octanol–water partition coefficient (Wildman–Crippen LogP) is 1.74. The first-order chi connectivity index (χ1) is 12.9. The lowest BCUT2D eigenvalue weighted by atomic mass is 10.2. The Balaban J connectivity index is 1.72. The van der Waals surface area contributed by atoms with Crippen LogP contribution in [0.25, 0.3) is 0 Å². The molecule has 1 unspecified atom stereocenters. The number of hydrogen-bond donors (Lipinski definition) is 1. The summed E-state index contributed by atoms with van der Waals surface area (Å²) in [5.74, 6) is 0.213. The third-order valence-electron chi connectivity index (χ3n) is 4.39. The molecule has 0 saturated carbocycles. The fourth-order valence-corrected chi connectivity index (χ4v) is 4.78. The van der Waals surface area contributed by atoms with Gasteiger partial charge in [0.2, 0.25) is 0 Å². The number of hydrogen-bond acceptors (Lipinski definition) is 7.